The molecule has 0 spiro atoms. The number of nitrogens with one attached hydrogen (secondary N) is 1. The second kappa shape index (κ2) is 5.70. The Morgan fingerprint density at radius 1 is 1.16 bits per heavy atom. The Morgan fingerprint density at radius 3 is 2.84 bits per heavy atom. The van der Waals surface area contributed by atoms with Gasteiger partial charge in [0.05, 0.1) is 11.8 Å². The summed E-state index contributed by atoms with van der Waals surface area (Å²) < 4.78 is 28.7. The van der Waals surface area contributed by atoms with Crippen LogP contribution in [0.4, 0.5) is 14.6 Å². The van der Waals surface area contributed by atoms with E-state index in [4.69, 9.17) is 5.73 Å². The normalized spacial score (nSPS) is 11.0. The number of H-pyrrole nitrogens is 1. The van der Waals surface area contributed by atoms with E-state index in [0.717, 1.165) is 10.7 Å². The number of nitrogens with two attached hydrogens (primary N) is 1. The lowest BCUT2D eigenvalue weighted by Crippen LogP contribution is -2.06. The summed E-state index contributed by atoms with van der Waals surface area (Å²) in [4.78, 5) is 4.09. The molecule has 3 N–H and O–H groups in total. The van der Waals surface area contributed by atoms with Gasteiger partial charge in [-0.3, -0.25) is 5.10 Å². The van der Waals surface area contributed by atoms with Crippen LogP contribution in [-0.4, -0.2) is 40.6 Å². The maximum Gasteiger partial charge on any atom is 0.190 e. The van der Waals surface area contributed by atoms with Crippen molar-refractivity contribution in [1.82, 2.24) is 40.6 Å². The molecule has 0 radical (unpaired) electrons. The third-order valence-electron chi connectivity index (χ3n) is 3.50. The fourth-order valence-corrected chi connectivity index (χ4v) is 2.31. The molecule has 0 amide bonds. The Labute approximate surface area is 138 Å². The van der Waals surface area contributed by atoms with Gasteiger partial charge in [-0.2, -0.15) is 4.68 Å². The number of halogens is 2. The van der Waals surface area contributed by atoms with Crippen molar-refractivity contribution in [1.29, 1.82) is 0 Å². The lowest BCUT2D eigenvalue weighted by atomic mass is 10.1. The molecule has 4 rings (SSSR count). The van der Waals surface area contributed by atoms with E-state index < -0.39 is 11.6 Å². The molecule has 124 valence electrons. The van der Waals surface area contributed by atoms with Crippen LogP contribution in [0.5, 0.6) is 0 Å². The Hall–Kier alpha value is -3.76. The minimum Gasteiger partial charge on any atom is -0.383 e. The van der Waals surface area contributed by atoms with Crippen molar-refractivity contribution in [3.63, 3.8) is 0 Å². The van der Waals surface area contributed by atoms with Gasteiger partial charge in [-0.1, -0.05) is 11.3 Å². The SMILES string of the molecule is Nc1ncc(-c2c[nH]nn2)cc1-c1nnnn1-c1cccc(F)c1F. The van der Waals surface area contributed by atoms with Crippen molar-refractivity contribution in [2.75, 3.05) is 5.73 Å². The monoisotopic (exact) mass is 341 g/mol. The summed E-state index contributed by atoms with van der Waals surface area (Å²) in [7, 11) is 0. The number of rotatable bonds is 3. The lowest BCUT2D eigenvalue weighted by molar-refractivity contribution is 0.501. The van der Waals surface area contributed by atoms with Gasteiger partial charge in [0.15, 0.2) is 17.5 Å². The molecule has 0 aliphatic heterocycles. The number of hydrogen-bond acceptors (Lipinski definition) is 7. The Bertz CT molecular complexity index is 1040. The van der Waals surface area contributed by atoms with E-state index in [2.05, 4.69) is 35.9 Å². The summed E-state index contributed by atoms with van der Waals surface area (Å²) in [6.45, 7) is 0. The van der Waals surface area contributed by atoms with Crippen LogP contribution < -0.4 is 5.73 Å². The quantitative estimate of drug-likeness (QED) is 0.576. The van der Waals surface area contributed by atoms with Crippen molar-refractivity contribution < 1.29 is 8.78 Å². The molecule has 0 bridgehead atoms. The number of tetrazole rings is 1. The third kappa shape index (κ3) is 2.47. The zero-order valence-electron chi connectivity index (χ0n) is 12.4. The first-order valence-electron chi connectivity index (χ1n) is 7.00. The van der Waals surface area contributed by atoms with E-state index >= 15 is 0 Å². The summed E-state index contributed by atoms with van der Waals surface area (Å²) in [6, 6.07) is 5.35. The molecule has 1 aromatic carbocycles. The summed E-state index contributed by atoms with van der Waals surface area (Å²) in [5, 5.41) is 21.2. The summed E-state index contributed by atoms with van der Waals surface area (Å²) in [6.07, 6.45) is 3.08. The third-order valence-corrected chi connectivity index (χ3v) is 3.50. The minimum absolute atomic E-state index is 0.111. The highest BCUT2D eigenvalue weighted by atomic mass is 19.2. The average molecular weight is 341 g/mol. The summed E-state index contributed by atoms with van der Waals surface area (Å²) in [5.74, 6) is -1.85. The molecule has 3 aromatic heterocycles. The second-order valence-electron chi connectivity index (χ2n) is 5.00. The zero-order chi connectivity index (χ0) is 17.4. The van der Waals surface area contributed by atoms with Crippen LogP contribution in [0, 0.1) is 11.6 Å². The molecule has 3 heterocycles. The number of pyridine rings is 1. The highest BCUT2D eigenvalue weighted by Gasteiger charge is 2.19. The maximum absolute atomic E-state index is 14.1. The van der Waals surface area contributed by atoms with Gasteiger partial charge in [0.2, 0.25) is 0 Å². The molecule has 4 aromatic rings. The maximum atomic E-state index is 14.1. The van der Waals surface area contributed by atoms with E-state index in [0.29, 0.717) is 16.8 Å². The van der Waals surface area contributed by atoms with Crippen LogP contribution in [0.25, 0.3) is 28.3 Å². The van der Waals surface area contributed by atoms with E-state index in [1.54, 1.807) is 12.3 Å². The molecule has 0 fully saturated rings. The van der Waals surface area contributed by atoms with Crippen molar-refractivity contribution in [3.8, 4) is 28.3 Å². The Kier molecular flexibility index (Phi) is 3.38. The van der Waals surface area contributed by atoms with Crippen LogP contribution in [0.3, 0.4) is 0 Å². The Balaban J connectivity index is 1.89. The highest BCUT2D eigenvalue weighted by Crippen LogP contribution is 2.29. The van der Waals surface area contributed by atoms with Gasteiger partial charge in [-0.05, 0) is 28.6 Å². The number of anilines is 1. The van der Waals surface area contributed by atoms with Gasteiger partial charge in [-0.25, -0.2) is 13.8 Å². The number of hydrogen-bond donors (Lipinski definition) is 2. The molecule has 0 saturated carbocycles. The standard InChI is InChI=1S/C14H9F2N9/c15-9-2-1-3-11(12(9)16)25-14(21-23-24-25)8-4-7(5-18-13(8)17)10-6-19-22-20-10/h1-6H,(H2,17,18)(H,19,20,22). The largest absolute Gasteiger partial charge is 0.383 e. The summed E-state index contributed by atoms with van der Waals surface area (Å²) >= 11 is 0. The van der Waals surface area contributed by atoms with E-state index in [1.165, 1.54) is 18.3 Å². The smallest absolute Gasteiger partial charge is 0.190 e. The van der Waals surface area contributed by atoms with Gasteiger partial charge in [-0.15, -0.1) is 10.2 Å². The molecular weight excluding hydrogens is 332 g/mol. The van der Waals surface area contributed by atoms with Crippen LogP contribution in [0.2, 0.25) is 0 Å². The van der Waals surface area contributed by atoms with Crippen LogP contribution in [0.1, 0.15) is 0 Å². The minimum atomic E-state index is -1.07. The van der Waals surface area contributed by atoms with Crippen LogP contribution in [0.15, 0.2) is 36.7 Å². The number of nitrogen functional groups attached to an aromatic ring is 1. The first kappa shape index (κ1) is 14.8. The molecule has 0 atom stereocenters. The highest BCUT2D eigenvalue weighted by molar-refractivity contribution is 5.75. The molecule has 11 heteroatoms. The number of aromatic nitrogens is 8. The molecule has 25 heavy (non-hydrogen) atoms. The van der Waals surface area contributed by atoms with Crippen molar-refractivity contribution in [2.45, 2.75) is 0 Å². The fraction of sp³-hybridized carbons (Fsp3) is 0. The molecule has 0 unspecified atom stereocenters. The fourth-order valence-electron chi connectivity index (χ4n) is 2.31. The van der Waals surface area contributed by atoms with Crippen LogP contribution >= 0.6 is 0 Å². The van der Waals surface area contributed by atoms with E-state index in [1.807, 2.05) is 0 Å². The molecule has 0 saturated heterocycles. The van der Waals surface area contributed by atoms with Gasteiger partial charge in [0, 0.05) is 11.8 Å². The number of nitrogens with zero attached hydrogens (tertiary/aromatic N) is 7. The molecule has 0 aliphatic carbocycles. The number of benzene rings is 1. The van der Waals surface area contributed by atoms with Gasteiger partial charge < -0.3 is 5.73 Å². The van der Waals surface area contributed by atoms with Crippen molar-refractivity contribution in [2.24, 2.45) is 0 Å². The first-order chi connectivity index (χ1) is 12.1. The number of aromatic amines is 1. The predicted molar refractivity (Wildman–Crippen MR) is 82.1 cm³/mol. The first-order valence-corrected chi connectivity index (χ1v) is 7.00. The van der Waals surface area contributed by atoms with Crippen LogP contribution in [-0.2, 0) is 0 Å². The average Bonchev–Trinajstić information content (AvgIpc) is 3.29. The van der Waals surface area contributed by atoms with Crippen molar-refractivity contribution in [3.05, 3.63) is 48.3 Å². The Morgan fingerprint density at radius 2 is 2.04 bits per heavy atom. The lowest BCUT2D eigenvalue weighted by Gasteiger charge is -2.08. The van der Waals surface area contributed by atoms with Gasteiger partial charge in [0.25, 0.3) is 0 Å². The van der Waals surface area contributed by atoms with Gasteiger partial charge >= 0.3 is 0 Å². The molecular formula is C14H9F2N9. The predicted octanol–water partition coefficient (Wildman–Crippen LogP) is 1.37. The molecule has 9 nitrogen and oxygen atoms in total. The van der Waals surface area contributed by atoms with E-state index in [9.17, 15) is 8.78 Å². The van der Waals surface area contributed by atoms with E-state index in [-0.39, 0.29) is 17.3 Å². The van der Waals surface area contributed by atoms with Crippen molar-refractivity contribution >= 4 is 5.82 Å². The second-order valence-corrected chi connectivity index (χ2v) is 5.00. The molecule has 0 aliphatic rings. The zero-order valence-corrected chi connectivity index (χ0v) is 12.4. The topological polar surface area (TPSA) is 124 Å². The summed E-state index contributed by atoms with van der Waals surface area (Å²) in [5.41, 5.74) is 7.25. The van der Waals surface area contributed by atoms with Gasteiger partial charge in [0.1, 0.15) is 17.2 Å².